The third-order valence-electron chi connectivity index (χ3n) is 3.68. The summed E-state index contributed by atoms with van der Waals surface area (Å²) in [5.74, 6) is 0.129. The number of alkyl halides is 3. The van der Waals surface area contributed by atoms with Crippen LogP contribution in [0, 0.1) is 5.92 Å². The van der Waals surface area contributed by atoms with Gasteiger partial charge in [-0.05, 0) is 37.1 Å². The number of halogens is 5. The summed E-state index contributed by atoms with van der Waals surface area (Å²) >= 11 is 5.74. The minimum atomic E-state index is -4.57. The largest absolute Gasteiger partial charge is 0.416 e. The summed E-state index contributed by atoms with van der Waals surface area (Å²) < 4.78 is 64.9. The first-order valence-corrected chi connectivity index (χ1v) is 8.57. The number of hydrogen-bond acceptors (Lipinski definition) is 3. The summed E-state index contributed by atoms with van der Waals surface area (Å²) in [6.45, 7) is 3.20. The predicted molar refractivity (Wildman–Crippen MR) is 84.5 cm³/mol. The van der Waals surface area contributed by atoms with Crippen molar-refractivity contribution >= 4 is 34.0 Å². The molecule has 2 unspecified atom stereocenters. The first kappa shape index (κ1) is 20.5. The maximum absolute atomic E-state index is 12.6. The van der Waals surface area contributed by atoms with Gasteiger partial charge in [-0.15, -0.1) is 12.4 Å². The van der Waals surface area contributed by atoms with Crippen LogP contribution in [0.1, 0.15) is 18.9 Å². The molecule has 1 aromatic rings. The first-order chi connectivity index (χ1) is 10.1. The lowest BCUT2D eigenvalue weighted by Crippen LogP contribution is -2.50. The molecule has 1 saturated heterocycles. The molecule has 0 saturated carbocycles. The number of rotatable bonds is 3. The summed E-state index contributed by atoms with van der Waals surface area (Å²) in [4.78, 5) is -0.347. The Kier molecular flexibility index (Phi) is 6.74. The molecular formula is C13H17Cl2F3N2O2S. The van der Waals surface area contributed by atoms with E-state index < -0.39 is 26.8 Å². The van der Waals surface area contributed by atoms with Crippen LogP contribution >= 0.6 is 24.0 Å². The topological polar surface area (TPSA) is 58.2 Å². The Morgan fingerprint density at radius 1 is 1.35 bits per heavy atom. The average molecular weight is 393 g/mol. The molecule has 0 amide bonds. The van der Waals surface area contributed by atoms with E-state index in [4.69, 9.17) is 11.6 Å². The van der Waals surface area contributed by atoms with Gasteiger partial charge in [0.05, 0.1) is 10.6 Å². The summed E-state index contributed by atoms with van der Waals surface area (Å²) in [7, 11) is -3.98. The Balaban J connectivity index is 0.00000264. The summed E-state index contributed by atoms with van der Waals surface area (Å²) in [5.41, 5.74) is -0.982. The van der Waals surface area contributed by atoms with E-state index in [2.05, 4.69) is 10.0 Å². The normalized spacial score (nSPS) is 22.5. The number of benzene rings is 1. The number of hydrogen-bond donors (Lipinski definition) is 2. The van der Waals surface area contributed by atoms with Gasteiger partial charge in [0.2, 0.25) is 10.0 Å². The van der Waals surface area contributed by atoms with Gasteiger partial charge in [0.15, 0.2) is 0 Å². The quantitative estimate of drug-likeness (QED) is 0.830. The van der Waals surface area contributed by atoms with Crippen LogP contribution in [-0.4, -0.2) is 27.5 Å². The molecule has 0 aliphatic carbocycles. The van der Waals surface area contributed by atoms with Gasteiger partial charge in [-0.2, -0.15) is 13.2 Å². The Morgan fingerprint density at radius 2 is 2.00 bits per heavy atom. The van der Waals surface area contributed by atoms with Crippen LogP contribution in [0.4, 0.5) is 13.2 Å². The fourth-order valence-electron chi connectivity index (χ4n) is 2.31. The molecular weight excluding hydrogens is 376 g/mol. The maximum atomic E-state index is 12.6. The molecule has 2 N–H and O–H groups in total. The van der Waals surface area contributed by atoms with Gasteiger partial charge in [-0.3, -0.25) is 0 Å². The monoisotopic (exact) mass is 392 g/mol. The zero-order chi connectivity index (χ0) is 16.5. The summed E-state index contributed by atoms with van der Waals surface area (Å²) in [5, 5.41) is 2.63. The van der Waals surface area contributed by atoms with Crippen molar-refractivity contribution in [1.29, 1.82) is 0 Å². The van der Waals surface area contributed by atoms with Gasteiger partial charge >= 0.3 is 6.18 Å². The zero-order valence-corrected chi connectivity index (χ0v) is 14.5. The van der Waals surface area contributed by atoms with E-state index in [1.807, 2.05) is 6.92 Å². The Hall–Kier alpha value is -0.540. The predicted octanol–water partition coefficient (Wildman–Crippen LogP) is 3.06. The van der Waals surface area contributed by atoms with Crippen LogP contribution in [0.2, 0.25) is 5.02 Å². The van der Waals surface area contributed by atoms with E-state index in [1.54, 1.807) is 0 Å². The van der Waals surface area contributed by atoms with E-state index in [-0.39, 0.29) is 29.3 Å². The molecule has 1 aliphatic heterocycles. The standard InChI is InChI=1S/C13H16ClF3N2O2S.ClH/c1-8-4-5-18-7-11(8)19-22(20,21)12-3-2-9(6-10(12)14)13(15,16)17;/h2-3,6,8,11,18-19H,4-5,7H2,1H3;1H. The third-order valence-corrected chi connectivity index (χ3v) is 5.66. The van der Waals surface area contributed by atoms with Crippen molar-refractivity contribution in [3.05, 3.63) is 28.8 Å². The van der Waals surface area contributed by atoms with Crippen LogP contribution < -0.4 is 10.0 Å². The molecule has 1 aromatic carbocycles. The molecule has 10 heteroatoms. The molecule has 23 heavy (non-hydrogen) atoms. The van der Waals surface area contributed by atoms with E-state index >= 15 is 0 Å². The lowest BCUT2D eigenvalue weighted by Gasteiger charge is -2.30. The van der Waals surface area contributed by atoms with Crippen molar-refractivity contribution in [3.8, 4) is 0 Å². The van der Waals surface area contributed by atoms with Crippen molar-refractivity contribution in [2.24, 2.45) is 5.92 Å². The van der Waals surface area contributed by atoms with Crippen molar-refractivity contribution in [2.45, 2.75) is 30.5 Å². The Bertz CT molecular complexity index is 653. The van der Waals surface area contributed by atoms with E-state index in [0.717, 1.165) is 19.0 Å². The second kappa shape index (κ2) is 7.57. The van der Waals surface area contributed by atoms with Crippen LogP contribution in [-0.2, 0) is 16.2 Å². The highest BCUT2D eigenvalue weighted by molar-refractivity contribution is 7.89. The first-order valence-electron chi connectivity index (χ1n) is 6.71. The molecule has 0 bridgehead atoms. The van der Waals surface area contributed by atoms with E-state index in [9.17, 15) is 21.6 Å². The van der Waals surface area contributed by atoms with Crippen LogP contribution in [0.25, 0.3) is 0 Å². The Morgan fingerprint density at radius 3 is 2.52 bits per heavy atom. The molecule has 2 rings (SSSR count). The van der Waals surface area contributed by atoms with Gasteiger partial charge in [0.25, 0.3) is 0 Å². The SMILES string of the molecule is CC1CCNCC1NS(=O)(=O)c1ccc(C(F)(F)F)cc1Cl.Cl. The molecule has 0 spiro atoms. The van der Waals surface area contributed by atoms with Crippen LogP contribution in [0.5, 0.6) is 0 Å². The second-order valence-electron chi connectivity index (χ2n) is 5.34. The van der Waals surface area contributed by atoms with Crippen molar-refractivity contribution in [3.63, 3.8) is 0 Å². The fourth-order valence-corrected chi connectivity index (χ4v) is 4.19. The minimum absolute atomic E-state index is 0. The van der Waals surface area contributed by atoms with Gasteiger partial charge in [-0.25, -0.2) is 13.1 Å². The Labute approximate surface area is 144 Å². The highest BCUT2D eigenvalue weighted by Crippen LogP contribution is 2.33. The lowest BCUT2D eigenvalue weighted by atomic mass is 9.96. The maximum Gasteiger partial charge on any atom is 0.416 e. The summed E-state index contributed by atoms with van der Waals surface area (Å²) in [6, 6.07) is 1.90. The van der Waals surface area contributed by atoms with Gasteiger partial charge < -0.3 is 5.32 Å². The van der Waals surface area contributed by atoms with E-state index in [1.165, 1.54) is 0 Å². The lowest BCUT2D eigenvalue weighted by molar-refractivity contribution is -0.137. The summed E-state index contributed by atoms with van der Waals surface area (Å²) in [6.07, 6.45) is -3.75. The van der Waals surface area contributed by atoms with Gasteiger partial charge in [0.1, 0.15) is 4.90 Å². The van der Waals surface area contributed by atoms with E-state index in [0.29, 0.717) is 18.7 Å². The molecule has 2 atom stereocenters. The van der Waals surface area contributed by atoms with Crippen molar-refractivity contribution < 1.29 is 21.6 Å². The smallest absolute Gasteiger partial charge is 0.315 e. The molecule has 4 nitrogen and oxygen atoms in total. The molecule has 0 aromatic heterocycles. The fraction of sp³-hybridized carbons (Fsp3) is 0.538. The van der Waals surface area contributed by atoms with Crippen LogP contribution in [0.3, 0.4) is 0 Å². The molecule has 1 fully saturated rings. The highest BCUT2D eigenvalue weighted by atomic mass is 35.5. The molecule has 0 radical (unpaired) electrons. The number of sulfonamides is 1. The van der Waals surface area contributed by atoms with Crippen molar-refractivity contribution in [2.75, 3.05) is 13.1 Å². The van der Waals surface area contributed by atoms with Crippen LogP contribution in [0.15, 0.2) is 23.1 Å². The highest BCUT2D eigenvalue weighted by Gasteiger charge is 2.33. The van der Waals surface area contributed by atoms with Crippen molar-refractivity contribution in [1.82, 2.24) is 10.0 Å². The average Bonchev–Trinajstić information content (AvgIpc) is 2.40. The minimum Gasteiger partial charge on any atom is -0.315 e. The molecule has 1 heterocycles. The van der Waals surface area contributed by atoms with Gasteiger partial charge in [-0.1, -0.05) is 18.5 Å². The number of nitrogens with one attached hydrogen (secondary N) is 2. The third kappa shape index (κ3) is 4.96. The second-order valence-corrected chi connectivity index (χ2v) is 7.43. The van der Waals surface area contributed by atoms with Gasteiger partial charge in [0, 0.05) is 12.6 Å². The number of piperidine rings is 1. The zero-order valence-electron chi connectivity index (χ0n) is 12.2. The molecule has 132 valence electrons. The molecule has 1 aliphatic rings.